The summed E-state index contributed by atoms with van der Waals surface area (Å²) in [5, 5.41) is 0. The van der Waals surface area contributed by atoms with Crippen LogP contribution in [0.15, 0.2) is 24.3 Å². The molecule has 0 aromatic heterocycles. The third-order valence-corrected chi connectivity index (χ3v) is 6.85. The number of fused-ring (bicyclic) bond motifs is 1. The van der Waals surface area contributed by atoms with Crippen LogP contribution in [0.5, 0.6) is 0 Å². The molecular weight excluding hydrogens is 350 g/mol. The molecule has 1 aromatic carbocycles. The molecule has 0 bridgehead atoms. The molecule has 1 aromatic rings. The van der Waals surface area contributed by atoms with Crippen LogP contribution >= 0.6 is 0 Å². The minimum Gasteiger partial charge on any atom is -0.342 e. The van der Waals surface area contributed by atoms with E-state index >= 15 is 0 Å². The number of para-hydroxylation sites is 1. The van der Waals surface area contributed by atoms with Crippen LogP contribution in [0.1, 0.15) is 51.0 Å². The molecule has 5 nitrogen and oxygen atoms in total. The Kier molecular flexibility index (Phi) is 6.00. The van der Waals surface area contributed by atoms with Crippen molar-refractivity contribution in [3.8, 4) is 0 Å². The predicted octanol–water partition coefficient (Wildman–Crippen LogP) is 3.08. The van der Waals surface area contributed by atoms with Crippen molar-refractivity contribution in [2.75, 3.05) is 37.6 Å². The molecule has 2 amide bonds. The maximum atomic E-state index is 13.1. The van der Waals surface area contributed by atoms with E-state index in [2.05, 4.69) is 21.9 Å². The van der Waals surface area contributed by atoms with Crippen molar-refractivity contribution in [3.05, 3.63) is 29.8 Å². The Morgan fingerprint density at radius 1 is 0.929 bits per heavy atom. The van der Waals surface area contributed by atoms with E-state index in [1.165, 1.54) is 18.4 Å². The van der Waals surface area contributed by atoms with Gasteiger partial charge in [0.15, 0.2) is 0 Å². The molecule has 5 heteroatoms. The number of hydrogen-bond acceptors (Lipinski definition) is 3. The molecule has 152 valence electrons. The maximum absolute atomic E-state index is 13.1. The number of benzene rings is 1. The van der Waals surface area contributed by atoms with Gasteiger partial charge in [0.25, 0.3) is 0 Å². The van der Waals surface area contributed by atoms with Gasteiger partial charge in [-0.2, -0.15) is 0 Å². The SMILES string of the molecule is C[C@@H](C(=O)N1CCc2ccccc21)N1CCC(C(=O)N2CCCCCC2)CC1. The molecule has 3 aliphatic rings. The van der Waals surface area contributed by atoms with Gasteiger partial charge in [0.2, 0.25) is 11.8 Å². The molecule has 3 aliphatic heterocycles. The van der Waals surface area contributed by atoms with E-state index in [1.807, 2.05) is 24.0 Å². The summed E-state index contributed by atoms with van der Waals surface area (Å²) in [6.07, 6.45) is 7.50. The van der Waals surface area contributed by atoms with Crippen molar-refractivity contribution in [1.82, 2.24) is 9.80 Å². The lowest BCUT2D eigenvalue weighted by Gasteiger charge is -2.37. The van der Waals surface area contributed by atoms with Crippen LogP contribution in [0.3, 0.4) is 0 Å². The number of anilines is 1. The van der Waals surface area contributed by atoms with Crippen LogP contribution in [-0.2, 0) is 16.0 Å². The van der Waals surface area contributed by atoms with E-state index < -0.39 is 0 Å². The number of piperidine rings is 1. The highest BCUT2D eigenvalue weighted by atomic mass is 16.2. The van der Waals surface area contributed by atoms with Gasteiger partial charge in [-0.1, -0.05) is 31.0 Å². The molecule has 2 fully saturated rings. The van der Waals surface area contributed by atoms with Gasteiger partial charge >= 0.3 is 0 Å². The van der Waals surface area contributed by atoms with Crippen LogP contribution in [0, 0.1) is 5.92 Å². The van der Waals surface area contributed by atoms with E-state index in [1.54, 1.807) is 0 Å². The molecule has 1 atom stereocenters. The minimum absolute atomic E-state index is 0.125. The number of likely N-dealkylation sites (tertiary alicyclic amines) is 2. The summed E-state index contributed by atoms with van der Waals surface area (Å²) >= 11 is 0. The Labute approximate surface area is 168 Å². The van der Waals surface area contributed by atoms with E-state index in [4.69, 9.17) is 0 Å². The van der Waals surface area contributed by atoms with E-state index in [0.717, 1.165) is 70.5 Å². The maximum Gasteiger partial charge on any atom is 0.244 e. The Hall–Kier alpha value is -1.88. The molecule has 28 heavy (non-hydrogen) atoms. The molecule has 0 saturated carbocycles. The zero-order chi connectivity index (χ0) is 19.5. The molecule has 3 heterocycles. The van der Waals surface area contributed by atoms with Gasteiger partial charge in [0, 0.05) is 31.2 Å². The summed E-state index contributed by atoms with van der Waals surface area (Å²) < 4.78 is 0. The van der Waals surface area contributed by atoms with Gasteiger partial charge in [-0.15, -0.1) is 0 Å². The van der Waals surface area contributed by atoms with Crippen molar-refractivity contribution >= 4 is 17.5 Å². The third-order valence-electron chi connectivity index (χ3n) is 6.85. The Bertz CT molecular complexity index is 704. The topological polar surface area (TPSA) is 43.9 Å². The van der Waals surface area contributed by atoms with Crippen molar-refractivity contribution in [2.24, 2.45) is 5.92 Å². The highest BCUT2D eigenvalue weighted by Crippen LogP contribution is 2.29. The number of nitrogens with zero attached hydrogens (tertiary/aromatic N) is 3. The summed E-state index contributed by atoms with van der Waals surface area (Å²) in [5.74, 6) is 0.695. The standard InChI is InChI=1S/C23H33N3O2/c1-18(22(27)26-17-12-19-8-4-5-9-21(19)26)24-15-10-20(11-16-24)23(28)25-13-6-2-3-7-14-25/h4-5,8-9,18,20H,2-3,6-7,10-17H2,1H3/t18-/m0/s1. The van der Waals surface area contributed by atoms with Crippen molar-refractivity contribution < 1.29 is 9.59 Å². The molecular formula is C23H33N3O2. The van der Waals surface area contributed by atoms with E-state index in [0.29, 0.717) is 5.91 Å². The number of amides is 2. The zero-order valence-electron chi connectivity index (χ0n) is 17.1. The highest BCUT2D eigenvalue weighted by Gasteiger charge is 2.35. The van der Waals surface area contributed by atoms with Gasteiger partial charge in [-0.3, -0.25) is 14.5 Å². The summed E-state index contributed by atoms with van der Waals surface area (Å²) in [6, 6.07) is 8.10. The number of rotatable bonds is 3. The quantitative estimate of drug-likeness (QED) is 0.806. The number of hydrogen-bond donors (Lipinski definition) is 0. The first-order chi connectivity index (χ1) is 13.6. The zero-order valence-corrected chi connectivity index (χ0v) is 17.1. The smallest absolute Gasteiger partial charge is 0.244 e. The first-order valence-electron chi connectivity index (χ1n) is 11.1. The molecule has 4 rings (SSSR count). The van der Waals surface area contributed by atoms with Crippen molar-refractivity contribution in [2.45, 2.75) is 57.9 Å². The summed E-state index contributed by atoms with van der Waals surface area (Å²) in [7, 11) is 0. The fourth-order valence-electron chi connectivity index (χ4n) is 5.03. The third kappa shape index (κ3) is 3.95. The second kappa shape index (κ2) is 8.64. The Balaban J connectivity index is 1.32. The average Bonchev–Trinajstić information content (AvgIpc) is 2.98. The van der Waals surface area contributed by atoms with Gasteiger partial charge in [0.05, 0.1) is 6.04 Å². The van der Waals surface area contributed by atoms with Crippen LogP contribution < -0.4 is 4.90 Å². The molecule has 0 radical (unpaired) electrons. The van der Waals surface area contributed by atoms with Crippen LogP contribution in [0.2, 0.25) is 0 Å². The predicted molar refractivity (Wildman–Crippen MR) is 111 cm³/mol. The van der Waals surface area contributed by atoms with E-state index in [9.17, 15) is 9.59 Å². The highest BCUT2D eigenvalue weighted by molar-refractivity contribution is 5.98. The second-order valence-corrected chi connectivity index (χ2v) is 8.59. The fraction of sp³-hybridized carbons (Fsp3) is 0.652. The normalized spacial score (nSPS) is 22.6. The van der Waals surface area contributed by atoms with Crippen LogP contribution in [-0.4, -0.2) is 60.4 Å². The fourth-order valence-corrected chi connectivity index (χ4v) is 5.03. The summed E-state index contributed by atoms with van der Waals surface area (Å²) in [4.78, 5) is 32.3. The monoisotopic (exact) mass is 383 g/mol. The molecule has 0 aliphatic carbocycles. The Morgan fingerprint density at radius 2 is 1.61 bits per heavy atom. The largest absolute Gasteiger partial charge is 0.342 e. The first kappa shape index (κ1) is 19.4. The van der Waals surface area contributed by atoms with Crippen LogP contribution in [0.25, 0.3) is 0 Å². The second-order valence-electron chi connectivity index (χ2n) is 8.59. The lowest BCUT2D eigenvalue weighted by atomic mass is 9.94. The molecule has 0 unspecified atom stereocenters. The molecule has 0 N–H and O–H groups in total. The van der Waals surface area contributed by atoms with Crippen LogP contribution in [0.4, 0.5) is 5.69 Å². The Morgan fingerprint density at radius 3 is 2.32 bits per heavy atom. The average molecular weight is 384 g/mol. The number of carbonyl (C=O) groups excluding carboxylic acids is 2. The molecule has 2 saturated heterocycles. The minimum atomic E-state index is -0.125. The van der Waals surface area contributed by atoms with Gasteiger partial charge in [-0.25, -0.2) is 0 Å². The van der Waals surface area contributed by atoms with E-state index in [-0.39, 0.29) is 17.9 Å². The van der Waals surface area contributed by atoms with Gasteiger partial charge in [0.1, 0.15) is 0 Å². The lowest BCUT2D eigenvalue weighted by Crippen LogP contribution is -2.51. The summed E-state index contributed by atoms with van der Waals surface area (Å²) in [5.41, 5.74) is 2.34. The molecule has 0 spiro atoms. The van der Waals surface area contributed by atoms with Crippen molar-refractivity contribution in [1.29, 1.82) is 0 Å². The number of carbonyl (C=O) groups is 2. The van der Waals surface area contributed by atoms with Gasteiger partial charge in [-0.05, 0) is 63.7 Å². The van der Waals surface area contributed by atoms with Crippen molar-refractivity contribution in [3.63, 3.8) is 0 Å². The lowest BCUT2D eigenvalue weighted by molar-refractivity contribution is -0.137. The first-order valence-corrected chi connectivity index (χ1v) is 11.1. The van der Waals surface area contributed by atoms with Gasteiger partial charge < -0.3 is 9.80 Å². The summed E-state index contributed by atoms with van der Waals surface area (Å²) in [6.45, 7) is 6.36.